The van der Waals surface area contributed by atoms with E-state index in [0.717, 1.165) is 15.2 Å². The van der Waals surface area contributed by atoms with Gasteiger partial charge in [0.25, 0.3) is 0 Å². The molecule has 0 radical (unpaired) electrons. The predicted molar refractivity (Wildman–Crippen MR) is 78.1 cm³/mol. The lowest BCUT2D eigenvalue weighted by atomic mass is 10.3. The SMILES string of the molecule is COc1cc(Br)c(Oc2ccc(C=O)cn2)cc1Br. The summed E-state index contributed by atoms with van der Waals surface area (Å²) in [5.41, 5.74) is 0.502. The second kappa shape index (κ2) is 6.16. The number of hydrogen-bond acceptors (Lipinski definition) is 4. The van der Waals surface area contributed by atoms with Crippen LogP contribution in [0.3, 0.4) is 0 Å². The first-order valence-electron chi connectivity index (χ1n) is 5.26. The van der Waals surface area contributed by atoms with E-state index in [1.54, 1.807) is 31.4 Å². The standard InChI is InChI=1S/C13H9Br2NO3/c1-18-11-4-10(15)12(5-9(11)14)19-13-3-2-8(7-17)6-16-13/h2-7H,1H3. The Morgan fingerprint density at radius 2 is 1.84 bits per heavy atom. The van der Waals surface area contributed by atoms with E-state index in [9.17, 15) is 4.79 Å². The van der Waals surface area contributed by atoms with Crippen molar-refractivity contribution in [2.24, 2.45) is 0 Å². The van der Waals surface area contributed by atoms with Crippen LogP contribution >= 0.6 is 31.9 Å². The van der Waals surface area contributed by atoms with Crippen molar-refractivity contribution < 1.29 is 14.3 Å². The Labute approximate surface area is 127 Å². The molecule has 0 aliphatic rings. The third kappa shape index (κ3) is 3.33. The second-order valence-electron chi connectivity index (χ2n) is 3.57. The molecular weight excluding hydrogens is 378 g/mol. The molecule has 1 aromatic heterocycles. The van der Waals surface area contributed by atoms with Crippen LogP contribution in [-0.4, -0.2) is 18.4 Å². The number of aromatic nitrogens is 1. The average Bonchev–Trinajstić information content (AvgIpc) is 2.43. The van der Waals surface area contributed by atoms with E-state index in [1.165, 1.54) is 6.20 Å². The maximum atomic E-state index is 10.5. The zero-order valence-corrected chi connectivity index (χ0v) is 13.1. The van der Waals surface area contributed by atoms with Gasteiger partial charge in [0.15, 0.2) is 6.29 Å². The predicted octanol–water partition coefficient (Wildman–Crippen LogP) is 4.22. The van der Waals surface area contributed by atoms with Gasteiger partial charge < -0.3 is 9.47 Å². The van der Waals surface area contributed by atoms with Gasteiger partial charge in [0, 0.05) is 17.8 Å². The number of hydrogen-bond donors (Lipinski definition) is 0. The first-order valence-corrected chi connectivity index (χ1v) is 6.84. The summed E-state index contributed by atoms with van der Waals surface area (Å²) in [6, 6.07) is 6.84. The highest BCUT2D eigenvalue weighted by Crippen LogP contribution is 2.37. The molecule has 0 bridgehead atoms. The molecule has 19 heavy (non-hydrogen) atoms. The zero-order chi connectivity index (χ0) is 13.8. The van der Waals surface area contributed by atoms with Crippen LogP contribution in [0.4, 0.5) is 0 Å². The fraction of sp³-hybridized carbons (Fsp3) is 0.0769. The van der Waals surface area contributed by atoms with Gasteiger partial charge in [0.05, 0.1) is 16.1 Å². The molecule has 0 saturated heterocycles. The van der Waals surface area contributed by atoms with Gasteiger partial charge in [-0.2, -0.15) is 0 Å². The summed E-state index contributed by atoms with van der Waals surface area (Å²) in [6.07, 6.45) is 2.19. The lowest BCUT2D eigenvalue weighted by molar-refractivity contribution is 0.112. The van der Waals surface area contributed by atoms with Gasteiger partial charge in [0.1, 0.15) is 11.5 Å². The number of rotatable bonds is 4. The lowest BCUT2D eigenvalue weighted by Gasteiger charge is -2.10. The zero-order valence-electron chi connectivity index (χ0n) is 9.89. The molecule has 0 N–H and O–H groups in total. The minimum atomic E-state index is 0.406. The number of benzene rings is 1. The Kier molecular flexibility index (Phi) is 4.55. The van der Waals surface area contributed by atoms with Crippen LogP contribution in [-0.2, 0) is 0 Å². The van der Waals surface area contributed by atoms with Crippen LogP contribution in [0.15, 0.2) is 39.4 Å². The molecule has 0 fully saturated rings. The molecule has 2 rings (SSSR count). The summed E-state index contributed by atoms with van der Waals surface area (Å²) >= 11 is 6.78. The Balaban J connectivity index is 2.27. The fourth-order valence-electron chi connectivity index (χ4n) is 1.38. The summed E-state index contributed by atoms with van der Waals surface area (Å²) in [6.45, 7) is 0. The quantitative estimate of drug-likeness (QED) is 0.738. The summed E-state index contributed by atoms with van der Waals surface area (Å²) in [4.78, 5) is 14.6. The molecule has 2 aromatic rings. The molecule has 0 spiro atoms. The summed E-state index contributed by atoms with van der Waals surface area (Å²) in [7, 11) is 1.59. The van der Waals surface area contributed by atoms with E-state index in [1.807, 2.05) is 0 Å². The highest BCUT2D eigenvalue weighted by molar-refractivity contribution is 9.11. The van der Waals surface area contributed by atoms with Crippen molar-refractivity contribution in [3.8, 4) is 17.4 Å². The van der Waals surface area contributed by atoms with E-state index < -0.39 is 0 Å². The Morgan fingerprint density at radius 3 is 2.42 bits per heavy atom. The van der Waals surface area contributed by atoms with E-state index >= 15 is 0 Å². The topological polar surface area (TPSA) is 48.4 Å². The normalized spacial score (nSPS) is 10.1. The number of ether oxygens (including phenoxy) is 2. The van der Waals surface area contributed by atoms with Crippen molar-refractivity contribution in [3.05, 3.63) is 45.0 Å². The molecule has 1 heterocycles. The molecule has 0 saturated carbocycles. The number of nitrogens with zero attached hydrogens (tertiary/aromatic N) is 1. The first kappa shape index (κ1) is 14.0. The van der Waals surface area contributed by atoms with Crippen molar-refractivity contribution in [3.63, 3.8) is 0 Å². The number of halogens is 2. The molecular formula is C13H9Br2NO3. The van der Waals surface area contributed by atoms with Crippen LogP contribution in [0.5, 0.6) is 17.4 Å². The molecule has 1 aromatic carbocycles. The molecule has 98 valence electrons. The average molecular weight is 387 g/mol. The lowest BCUT2D eigenvalue weighted by Crippen LogP contribution is -1.92. The number of aldehydes is 1. The monoisotopic (exact) mass is 385 g/mol. The van der Waals surface area contributed by atoms with Crippen molar-refractivity contribution in [1.29, 1.82) is 0 Å². The van der Waals surface area contributed by atoms with Gasteiger partial charge >= 0.3 is 0 Å². The smallest absolute Gasteiger partial charge is 0.219 e. The maximum absolute atomic E-state index is 10.5. The minimum Gasteiger partial charge on any atom is -0.496 e. The van der Waals surface area contributed by atoms with Crippen LogP contribution < -0.4 is 9.47 Å². The molecule has 0 atom stereocenters. The van der Waals surface area contributed by atoms with E-state index in [0.29, 0.717) is 22.9 Å². The van der Waals surface area contributed by atoms with Gasteiger partial charge in [-0.1, -0.05) is 0 Å². The van der Waals surface area contributed by atoms with Crippen molar-refractivity contribution >= 4 is 38.1 Å². The van der Waals surface area contributed by atoms with Crippen LogP contribution in [0, 0.1) is 0 Å². The van der Waals surface area contributed by atoms with E-state index in [4.69, 9.17) is 9.47 Å². The molecule has 0 aliphatic carbocycles. The highest BCUT2D eigenvalue weighted by atomic mass is 79.9. The van der Waals surface area contributed by atoms with Crippen LogP contribution in [0.1, 0.15) is 10.4 Å². The molecule has 0 amide bonds. The Bertz CT molecular complexity index is 600. The van der Waals surface area contributed by atoms with Crippen molar-refractivity contribution in [2.75, 3.05) is 7.11 Å². The summed E-state index contributed by atoms with van der Waals surface area (Å²) in [5.74, 6) is 1.70. The number of carbonyl (C=O) groups excluding carboxylic acids is 1. The van der Waals surface area contributed by atoms with Crippen molar-refractivity contribution in [1.82, 2.24) is 4.98 Å². The second-order valence-corrected chi connectivity index (χ2v) is 5.28. The minimum absolute atomic E-state index is 0.406. The summed E-state index contributed by atoms with van der Waals surface area (Å²) < 4.78 is 12.3. The maximum Gasteiger partial charge on any atom is 0.219 e. The number of carbonyl (C=O) groups is 1. The molecule has 0 unspecified atom stereocenters. The number of pyridine rings is 1. The highest BCUT2D eigenvalue weighted by Gasteiger charge is 2.09. The fourth-order valence-corrected chi connectivity index (χ4v) is 2.27. The first-order chi connectivity index (χ1) is 9.13. The number of methoxy groups -OCH3 is 1. The van der Waals surface area contributed by atoms with Crippen molar-refractivity contribution in [2.45, 2.75) is 0 Å². The Hall–Kier alpha value is -1.40. The van der Waals surface area contributed by atoms with Gasteiger partial charge in [-0.25, -0.2) is 4.98 Å². The van der Waals surface area contributed by atoms with E-state index in [2.05, 4.69) is 36.8 Å². The van der Waals surface area contributed by atoms with Crippen LogP contribution in [0.2, 0.25) is 0 Å². The van der Waals surface area contributed by atoms with Gasteiger partial charge in [-0.3, -0.25) is 4.79 Å². The summed E-state index contributed by atoms with van der Waals surface area (Å²) in [5, 5.41) is 0. The van der Waals surface area contributed by atoms with Gasteiger partial charge in [-0.15, -0.1) is 0 Å². The van der Waals surface area contributed by atoms with Crippen LogP contribution in [0.25, 0.3) is 0 Å². The van der Waals surface area contributed by atoms with Gasteiger partial charge in [-0.05, 0) is 50.1 Å². The third-order valence-electron chi connectivity index (χ3n) is 2.32. The molecule has 4 nitrogen and oxygen atoms in total. The van der Waals surface area contributed by atoms with E-state index in [-0.39, 0.29) is 0 Å². The molecule has 0 aliphatic heterocycles. The van der Waals surface area contributed by atoms with Gasteiger partial charge in [0.2, 0.25) is 5.88 Å². The molecule has 6 heteroatoms. The third-order valence-corrected chi connectivity index (χ3v) is 3.56. The largest absolute Gasteiger partial charge is 0.496 e. The Morgan fingerprint density at radius 1 is 1.16 bits per heavy atom.